The van der Waals surface area contributed by atoms with Crippen LogP contribution in [-0.2, 0) is 16.1 Å². The van der Waals surface area contributed by atoms with E-state index in [2.05, 4.69) is 15.5 Å². The van der Waals surface area contributed by atoms with Crippen LogP contribution < -0.4 is 5.32 Å². The second-order valence-electron chi connectivity index (χ2n) is 5.31. The summed E-state index contributed by atoms with van der Waals surface area (Å²) >= 11 is 0. The summed E-state index contributed by atoms with van der Waals surface area (Å²) in [6.45, 7) is 0.405. The number of rotatable bonds is 6. The molecule has 1 aromatic heterocycles. The highest BCUT2D eigenvalue weighted by Gasteiger charge is 2.37. The summed E-state index contributed by atoms with van der Waals surface area (Å²) in [6.07, 6.45) is 5.71. The normalized spacial score (nSPS) is 17.3. The minimum atomic E-state index is -0.816. The van der Waals surface area contributed by atoms with Crippen molar-refractivity contribution < 1.29 is 14.7 Å². The van der Waals surface area contributed by atoms with Gasteiger partial charge in [-0.3, -0.25) is 14.7 Å². The van der Waals surface area contributed by atoms with E-state index in [1.165, 1.54) is 0 Å². The third-order valence-electron chi connectivity index (χ3n) is 3.76. The average Bonchev–Trinajstić information content (AvgIpc) is 2.97. The molecule has 1 aliphatic carbocycles. The molecule has 6 heteroatoms. The Morgan fingerprint density at radius 2 is 2.11 bits per heavy atom. The molecule has 104 valence electrons. The van der Waals surface area contributed by atoms with Crippen LogP contribution in [0.4, 0.5) is 0 Å². The Morgan fingerprint density at radius 3 is 2.68 bits per heavy atom. The number of carbonyl (C=O) groups is 2. The molecule has 1 aliphatic rings. The van der Waals surface area contributed by atoms with Gasteiger partial charge in [0.1, 0.15) is 0 Å². The largest absolute Gasteiger partial charge is 0.481 e. The Bertz CT molecular complexity index is 436. The van der Waals surface area contributed by atoms with Gasteiger partial charge in [0.25, 0.3) is 0 Å². The van der Waals surface area contributed by atoms with E-state index in [9.17, 15) is 9.59 Å². The minimum Gasteiger partial charge on any atom is -0.481 e. The van der Waals surface area contributed by atoms with Crippen molar-refractivity contribution in [2.45, 2.75) is 45.1 Å². The average molecular weight is 265 g/mol. The third-order valence-corrected chi connectivity index (χ3v) is 3.76. The Kier molecular flexibility index (Phi) is 4.19. The number of hydrogen-bond donors (Lipinski definition) is 3. The summed E-state index contributed by atoms with van der Waals surface area (Å²) < 4.78 is 0. The fourth-order valence-corrected chi connectivity index (χ4v) is 2.84. The number of carboxylic acids is 1. The van der Waals surface area contributed by atoms with Crippen LogP contribution in [0.5, 0.6) is 0 Å². The fourth-order valence-electron chi connectivity index (χ4n) is 2.84. The summed E-state index contributed by atoms with van der Waals surface area (Å²) in [5.41, 5.74) is 0.497. The number of aliphatic carboxylic acids is 1. The van der Waals surface area contributed by atoms with Gasteiger partial charge in [-0.1, -0.05) is 12.8 Å². The first-order valence-corrected chi connectivity index (χ1v) is 6.56. The molecule has 1 amide bonds. The van der Waals surface area contributed by atoms with E-state index in [1.54, 1.807) is 12.3 Å². The molecule has 0 bridgehead atoms. The van der Waals surface area contributed by atoms with Gasteiger partial charge in [-0.15, -0.1) is 0 Å². The molecule has 0 spiro atoms. The number of H-pyrrole nitrogens is 1. The van der Waals surface area contributed by atoms with Crippen LogP contribution in [0, 0.1) is 5.41 Å². The standard InChI is InChI=1S/C13H19N3O3/c17-11(14-9-10-3-6-15-16-10)7-13(8-12(18)19)4-1-2-5-13/h3,6H,1-2,4-5,7-9H2,(H,14,17)(H,15,16)(H,18,19). The number of carboxylic acid groups (broad SMARTS) is 1. The second kappa shape index (κ2) is 5.86. The van der Waals surface area contributed by atoms with Gasteiger partial charge in [0.15, 0.2) is 0 Å². The van der Waals surface area contributed by atoms with E-state index in [4.69, 9.17) is 5.11 Å². The van der Waals surface area contributed by atoms with E-state index in [0.717, 1.165) is 31.4 Å². The molecular formula is C13H19N3O3. The number of aromatic amines is 1. The van der Waals surface area contributed by atoms with Crippen LogP contribution in [0.15, 0.2) is 12.3 Å². The zero-order valence-electron chi connectivity index (χ0n) is 10.8. The quantitative estimate of drug-likeness (QED) is 0.725. The number of carbonyl (C=O) groups excluding carboxylic acids is 1. The van der Waals surface area contributed by atoms with Gasteiger partial charge in [0, 0.05) is 12.6 Å². The lowest BCUT2D eigenvalue weighted by molar-refractivity contribution is -0.140. The van der Waals surface area contributed by atoms with Gasteiger partial charge < -0.3 is 10.4 Å². The molecule has 3 N–H and O–H groups in total. The van der Waals surface area contributed by atoms with Crippen LogP contribution in [0.3, 0.4) is 0 Å². The van der Waals surface area contributed by atoms with E-state index in [1.807, 2.05) is 0 Å². The molecule has 1 aromatic rings. The predicted molar refractivity (Wildman–Crippen MR) is 68.2 cm³/mol. The van der Waals surface area contributed by atoms with Crippen molar-refractivity contribution in [2.75, 3.05) is 0 Å². The van der Waals surface area contributed by atoms with E-state index >= 15 is 0 Å². The summed E-state index contributed by atoms with van der Waals surface area (Å²) in [5.74, 6) is -0.902. The van der Waals surface area contributed by atoms with Crippen LogP contribution in [0.2, 0.25) is 0 Å². The number of nitrogens with one attached hydrogen (secondary N) is 2. The molecule has 0 atom stereocenters. The zero-order chi connectivity index (χ0) is 13.7. The Labute approximate surface area is 111 Å². The maximum absolute atomic E-state index is 11.9. The second-order valence-corrected chi connectivity index (χ2v) is 5.31. The van der Waals surface area contributed by atoms with E-state index < -0.39 is 5.97 Å². The molecule has 0 aliphatic heterocycles. The molecule has 19 heavy (non-hydrogen) atoms. The monoisotopic (exact) mass is 265 g/mol. The number of aromatic nitrogens is 2. The molecule has 0 aromatic carbocycles. The lowest BCUT2D eigenvalue weighted by Gasteiger charge is -2.26. The molecule has 0 radical (unpaired) electrons. The summed E-state index contributed by atoms with van der Waals surface area (Å²) in [5, 5.41) is 18.4. The van der Waals surface area contributed by atoms with Crippen molar-refractivity contribution in [3.8, 4) is 0 Å². The van der Waals surface area contributed by atoms with Crippen LogP contribution in [0.1, 0.15) is 44.2 Å². The Balaban J connectivity index is 1.86. The molecule has 6 nitrogen and oxygen atoms in total. The Hall–Kier alpha value is -1.85. The van der Waals surface area contributed by atoms with Gasteiger partial charge in [-0.05, 0) is 24.3 Å². The first kappa shape index (κ1) is 13.6. The van der Waals surface area contributed by atoms with Crippen molar-refractivity contribution in [1.82, 2.24) is 15.5 Å². The zero-order valence-corrected chi connectivity index (χ0v) is 10.8. The van der Waals surface area contributed by atoms with Crippen LogP contribution in [0.25, 0.3) is 0 Å². The molecule has 1 heterocycles. The van der Waals surface area contributed by atoms with Crippen LogP contribution in [-0.4, -0.2) is 27.2 Å². The summed E-state index contributed by atoms with van der Waals surface area (Å²) in [7, 11) is 0. The minimum absolute atomic E-state index is 0.0854. The summed E-state index contributed by atoms with van der Waals surface area (Å²) in [6, 6.07) is 1.79. The maximum Gasteiger partial charge on any atom is 0.303 e. The van der Waals surface area contributed by atoms with Gasteiger partial charge in [-0.2, -0.15) is 5.10 Å². The lowest BCUT2D eigenvalue weighted by atomic mass is 9.79. The van der Waals surface area contributed by atoms with Crippen molar-refractivity contribution in [3.63, 3.8) is 0 Å². The first-order valence-electron chi connectivity index (χ1n) is 6.56. The van der Waals surface area contributed by atoms with E-state index in [0.29, 0.717) is 13.0 Å². The smallest absolute Gasteiger partial charge is 0.303 e. The number of hydrogen-bond acceptors (Lipinski definition) is 3. The molecule has 0 unspecified atom stereocenters. The predicted octanol–water partition coefficient (Wildman–Crippen LogP) is 1.45. The SMILES string of the molecule is O=C(O)CC1(CC(=O)NCc2ccn[nH]2)CCCC1. The molecule has 2 rings (SSSR count). The van der Waals surface area contributed by atoms with Crippen LogP contribution >= 0.6 is 0 Å². The van der Waals surface area contributed by atoms with Gasteiger partial charge in [-0.25, -0.2) is 0 Å². The highest BCUT2D eigenvalue weighted by atomic mass is 16.4. The maximum atomic E-state index is 11.9. The van der Waals surface area contributed by atoms with Crippen molar-refractivity contribution in [2.24, 2.45) is 5.41 Å². The number of amides is 1. The topological polar surface area (TPSA) is 95.1 Å². The van der Waals surface area contributed by atoms with Gasteiger partial charge in [0.05, 0.1) is 18.7 Å². The highest BCUT2D eigenvalue weighted by Crippen LogP contribution is 2.43. The number of nitrogens with zero attached hydrogens (tertiary/aromatic N) is 1. The lowest BCUT2D eigenvalue weighted by Crippen LogP contribution is -2.31. The van der Waals surface area contributed by atoms with Crippen molar-refractivity contribution in [3.05, 3.63) is 18.0 Å². The fraction of sp³-hybridized carbons (Fsp3) is 0.615. The van der Waals surface area contributed by atoms with Gasteiger partial charge in [0.2, 0.25) is 5.91 Å². The molecule has 1 fully saturated rings. The molecule has 0 saturated heterocycles. The highest BCUT2D eigenvalue weighted by molar-refractivity contribution is 5.78. The van der Waals surface area contributed by atoms with Crippen molar-refractivity contribution in [1.29, 1.82) is 0 Å². The third kappa shape index (κ3) is 3.81. The van der Waals surface area contributed by atoms with E-state index in [-0.39, 0.29) is 17.7 Å². The van der Waals surface area contributed by atoms with Crippen molar-refractivity contribution >= 4 is 11.9 Å². The summed E-state index contributed by atoms with van der Waals surface area (Å²) in [4.78, 5) is 22.9. The first-order chi connectivity index (χ1) is 9.10. The van der Waals surface area contributed by atoms with Gasteiger partial charge >= 0.3 is 5.97 Å². The Morgan fingerprint density at radius 1 is 1.37 bits per heavy atom. The molecule has 1 saturated carbocycles. The molecular weight excluding hydrogens is 246 g/mol.